The molecule has 1 aliphatic heterocycles. The molecule has 0 radical (unpaired) electrons. The lowest BCUT2D eigenvalue weighted by molar-refractivity contribution is -0.153. The van der Waals surface area contributed by atoms with Crippen molar-refractivity contribution in [3.63, 3.8) is 0 Å². The number of hydrogen-bond donors (Lipinski definition) is 2. The molecule has 0 saturated heterocycles. The minimum Gasteiger partial charge on any atom is -0.482 e. The highest BCUT2D eigenvalue weighted by molar-refractivity contribution is 8.15. The van der Waals surface area contributed by atoms with Gasteiger partial charge in [-0.1, -0.05) is 11.8 Å². The van der Waals surface area contributed by atoms with Gasteiger partial charge in [0.15, 0.2) is 23.4 Å². The molecule has 0 spiro atoms. The molecule has 2 aromatic rings. The quantitative estimate of drug-likeness (QED) is 0.510. The number of nitrogens with two attached hydrogens (primary N) is 1. The first kappa shape index (κ1) is 26.1. The maximum atomic E-state index is 15.0. The third-order valence-corrected chi connectivity index (χ3v) is 7.52. The molecule has 13 heteroatoms. The molecule has 1 saturated carbocycles. The molecule has 194 valence electrons. The summed E-state index contributed by atoms with van der Waals surface area (Å²) in [6.45, 7) is 1.98. The van der Waals surface area contributed by atoms with Crippen LogP contribution in [0, 0.1) is 24.5 Å². The summed E-state index contributed by atoms with van der Waals surface area (Å²) in [7, 11) is 1.55. The van der Waals surface area contributed by atoms with Gasteiger partial charge in [0.05, 0.1) is 23.1 Å². The molecule has 1 aromatic heterocycles. The number of ether oxygens (including phenoxy) is 2. The molecule has 3 N–H and O–H groups in total. The Hall–Kier alpha value is -2.93. The number of carbonyl (C=O) groups is 1. The number of aryl methyl sites for hydroxylation is 1. The first-order valence-electron chi connectivity index (χ1n) is 10.8. The Morgan fingerprint density at radius 3 is 2.67 bits per heavy atom. The minimum atomic E-state index is -4.53. The van der Waals surface area contributed by atoms with Gasteiger partial charge in [0.25, 0.3) is 5.91 Å². The number of thioether (sulfide) groups is 1. The summed E-state index contributed by atoms with van der Waals surface area (Å²) in [6.07, 6.45) is -2.92. The molecule has 0 unspecified atom stereocenters. The molecule has 1 aliphatic carbocycles. The van der Waals surface area contributed by atoms with Gasteiger partial charge >= 0.3 is 6.18 Å². The van der Waals surface area contributed by atoms with E-state index in [9.17, 15) is 22.4 Å². The molecule has 1 amide bonds. The molecular formula is C23H23F5N4O3S. The minimum absolute atomic E-state index is 0.0429. The van der Waals surface area contributed by atoms with Crippen molar-refractivity contribution in [3.05, 3.63) is 52.9 Å². The van der Waals surface area contributed by atoms with Gasteiger partial charge in [0, 0.05) is 30.3 Å². The Balaban J connectivity index is 1.60. The normalized spacial score (nSPS) is 25.1. The first-order valence-corrected chi connectivity index (χ1v) is 11.6. The fraction of sp³-hybridized carbons (Fsp3) is 0.435. The van der Waals surface area contributed by atoms with Crippen LogP contribution in [0.4, 0.5) is 27.6 Å². The van der Waals surface area contributed by atoms with E-state index in [0.29, 0.717) is 13.0 Å². The van der Waals surface area contributed by atoms with E-state index in [-0.39, 0.29) is 39.3 Å². The van der Waals surface area contributed by atoms with E-state index in [4.69, 9.17) is 10.5 Å². The van der Waals surface area contributed by atoms with Gasteiger partial charge in [0.2, 0.25) is 0 Å². The van der Waals surface area contributed by atoms with Crippen molar-refractivity contribution < 1.29 is 36.2 Å². The van der Waals surface area contributed by atoms with Crippen molar-refractivity contribution >= 4 is 28.5 Å². The van der Waals surface area contributed by atoms with Crippen molar-refractivity contribution in [2.45, 2.75) is 36.7 Å². The Bertz CT molecular complexity index is 1240. The number of nitrogens with one attached hydrogen (secondary N) is 1. The molecule has 2 aliphatic rings. The van der Waals surface area contributed by atoms with Crippen LogP contribution in [0.3, 0.4) is 0 Å². The number of nitrogens with zero attached hydrogens (tertiary/aromatic N) is 2. The molecule has 3 atom stereocenters. The fourth-order valence-electron chi connectivity index (χ4n) is 4.58. The number of alkyl halides is 3. The second-order valence-corrected chi connectivity index (χ2v) is 10.4. The summed E-state index contributed by atoms with van der Waals surface area (Å²) in [6, 6.07) is 3.36. The largest absolute Gasteiger partial charge is 0.482 e. The summed E-state index contributed by atoms with van der Waals surface area (Å²) < 4.78 is 76.3. The Morgan fingerprint density at radius 2 is 2.03 bits per heavy atom. The standard InChI is InChI=1S/C23H23F5N4O3S/c1-11-4-13(35-10-23(26,27)28)8-30-18(11)19(33)31-12-5-14(17(25)15(24)6-12)21(2)16-7-22(16,9-34-3)36-20(29)32-21/h4-6,8,16H,7,9-10H2,1-3H3,(H2,29,32)(H,31,33)/t16-,21+,22+/m0/s1. The topological polar surface area (TPSA) is 98.8 Å². The van der Waals surface area contributed by atoms with Gasteiger partial charge in [0.1, 0.15) is 11.4 Å². The Labute approximate surface area is 207 Å². The van der Waals surface area contributed by atoms with Crippen molar-refractivity contribution in [1.82, 2.24) is 4.98 Å². The zero-order chi connectivity index (χ0) is 26.5. The van der Waals surface area contributed by atoms with Crippen molar-refractivity contribution in [1.29, 1.82) is 0 Å². The van der Waals surface area contributed by atoms with Gasteiger partial charge in [-0.25, -0.2) is 13.8 Å². The monoisotopic (exact) mass is 530 g/mol. The number of hydrogen-bond acceptors (Lipinski definition) is 7. The lowest BCUT2D eigenvalue weighted by Gasteiger charge is -2.34. The predicted octanol–water partition coefficient (Wildman–Crippen LogP) is 4.54. The van der Waals surface area contributed by atoms with Gasteiger partial charge in [-0.3, -0.25) is 9.79 Å². The van der Waals surface area contributed by atoms with Crippen LogP contribution in [0.2, 0.25) is 0 Å². The second-order valence-electron chi connectivity index (χ2n) is 8.97. The number of anilines is 1. The highest BCUT2D eigenvalue weighted by Gasteiger charge is 2.66. The summed E-state index contributed by atoms with van der Waals surface area (Å²) >= 11 is 1.35. The summed E-state index contributed by atoms with van der Waals surface area (Å²) in [5.74, 6) is -3.39. The van der Waals surface area contributed by atoms with Crippen LogP contribution in [-0.2, 0) is 10.3 Å². The van der Waals surface area contributed by atoms with Gasteiger partial charge in [-0.2, -0.15) is 13.2 Å². The fourth-order valence-corrected chi connectivity index (χ4v) is 6.03. The van der Waals surface area contributed by atoms with Crippen LogP contribution < -0.4 is 15.8 Å². The van der Waals surface area contributed by atoms with E-state index in [1.807, 2.05) is 0 Å². The van der Waals surface area contributed by atoms with Crippen LogP contribution in [0.15, 0.2) is 29.4 Å². The summed E-state index contributed by atoms with van der Waals surface area (Å²) in [4.78, 5) is 21.1. The highest BCUT2D eigenvalue weighted by atomic mass is 32.2. The number of fused-ring (bicyclic) bond motifs is 1. The highest BCUT2D eigenvalue weighted by Crippen LogP contribution is 2.66. The Morgan fingerprint density at radius 1 is 1.31 bits per heavy atom. The summed E-state index contributed by atoms with van der Waals surface area (Å²) in [5, 5.41) is 2.70. The molecular weight excluding hydrogens is 507 g/mol. The number of aliphatic imine (C=N–C) groups is 1. The molecule has 36 heavy (non-hydrogen) atoms. The van der Waals surface area contributed by atoms with Crippen LogP contribution in [0.1, 0.15) is 35.0 Å². The first-order chi connectivity index (χ1) is 16.8. The van der Waals surface area contributed by atoms with Gasteiger partial charge < -0.3 is 20.5 Å². The zero-order valence-electron chi connectivity index (χ0n) is 19.5. The lowest BCUT2D eigenvalue weighted by Crippen LogP contribution is -2.38. The maximum Gasteiger partial charge on any atom is 0.422 e. The third kappa shape index (κ3) is 4.99. The average Bonchev–Trinajstić information content (AvgIpc) is 3.49. The number of rotatable bonds is 7. The van der Waals surface area contributed by atoms with Crippen molar-refractivity contribution in [2.24, 2.45) is 16.6 Å². The maximum absolute atomic E-state index is 15.0. The van der Waals surface area contributed by atoms with E-state index in [0.717, 1.165) is 12.3 Å². The van der Waals surface area contributed by atoms with Crippen molar-refractivity contribution in [2.75, 3.05) is 25.6 Å². The predicted molar refractivity (Wildman–Crippen MR) is 124 cm³/mol. The lowest BCUT2D eigenvalue weighted by atomic mass is 9.85. The number of benzene rings is 1. The van der Waals surface area contributed by atoms with Gasteiger partial charge in [-0.15, -0.1) is 0 Å². The number of methoxy groups -OCH3 is 1. The number of halogens is 5. The zero-order valence-corrected chi connectivity index (χ0v) is 20.3. The van der Waals surface area contributed by atoms with Crippen molar-refractivity contribution in [3.8, 4) is 5.75 Å². The van der Waals surface area contributed by atoms with Crippen LogP contribution in [-0.4, -0.2) is 47.3 Å². The smallest absolute Gasteiger partial charge is 0.422 e. The van der Waals surface area contributed by atoms with Crippen LogP contribution in [0.5, 0.6) is 5.75 Å². The number of amides is 1. The van der Waals surface area contributed by atoms with Gasteiger partial charge in [-0.05, 0) is 38.0 Å². The number of aromatic nitrogens is 1. The van der Waals surface area contributed by atoms with E-state index in [2.05, 4.69) is 20.0 Å². The number of carbonyl (C=O) groups excluding carboxylic acids is 1. The molecule has 0 bridgehead atoms. The summed E-state index contributed by atoms with van der Waals surface area (Å²) in [5.41, 5.74) is 4.84. The van der Waals surface area contributed by atoms with E-state index in [1.165, 1.54) is 30.8 Å². The van der Waals surface area contributed by atoms with Crippen LogP contribution in [0.25, 0.3) is 0 Å². The van der Waals surface area contributed by atoms with E-state index in [1.54, 1.807) is 14.0 Å². The molecule has 2 heterocycles. The second kappa shape index (κ2) is 9.18. The molecule has 4 rings (SSSR count). The molecule has 7 nitrogen and oxygen atoms in total. The van der Waals surface area contributed by atoms with Crippen LogP contribution >= 0.6 is 11.8 Å². The third-order valence-electron chi connectivity index (χ3n) is 6.24. The SMILES string of the molecule is COC[C@]12C[C@H]1[C@@](C)(c1cc(NC(=O)c3ncc(OCC(F)(F)F)cc3C)cc(F)c1F)N=C(N)S2. The number of amidine groups is 1. The number of pyridine rings is 1. The van der Waals surface area contributed by atoms with E-state index < -0.39 is 40.6 Å². The van der Waals surface area contributed by atoms with E-state index >= 15 is 4.39 Å². The molecule has 1 aromatic carbocycles. The molecule has 1 fully saturated rings. The average molecular weight is 531 g/mol. The Kier molecular flexibility index (Phi) is 6.67.